The van der Waals surface area contributed by atoms with Crippen molar-refractivity contribution < 1.29 is 4.79 Å². The Hall–Kier alpha value is -1.84. The summed E-state index contributed by atoms with van der Waals surface area (Å²) in [6.07, 6.45) is 7.82. The van der Waals surface area contributed by atoms with E-state index in [1.807, 2.05) is 12.3 Å². The Kier molecular flexibility index (Phi) is 2.87. The zero-order valence-corrected chi connectivity index (χ0v) is 13.6. The molecule has 0 unspecified atom stereocenters. The number of hydrogen-bond donors (Lipinski definition) is 1. The quantitative estimate of drug-likeness (QED) is 0.946. The van der Waals surface area contributed by atoms with E-state index in [4.69, 9.17) is 4.98 Å². The van der Waals surface area contributed by atoms with Crippen molar-refractivity contribution in [3.05, 3.63) is 34.8 Å². The molecule has 1 amide bonds. The van der Waals surface area contributed by atoms with Gasteiger partial charge >= 0.3 is 0 Å². The minimum atomic E-state index is -0.128. The van der Waals surface area contributed by atoms with Gasteiger partial charge in [0.1, 0.15) is 5.65 Å². The van der Waals surface area contributed by atoms with E-state index in [9.17, 15) is 4.79 Å². The molecule has 2 aliphatic rings. The van der Waals surface area contributed by atoms with Gasteiger partial charge in [0, 0.05) is 23.1 Å². The van der Waals surface area contributed by atoms with Crippen LogP contribution < -0.4 is 5.32 Å². The lowest BCUT2D eigenvalue weighted by molar-refractivity contribution is 0.0905. The molecule has 2 aromatic heterocycles. The number of rotatable bonds is 3. The summed E-state index contributed by atoms with van der Waals surface area (Å²) in [7, 11) is 0. The Morgan fingerprint density at radius 1 is 1.36 bits per heavy atom. The van der Waals surface area contributed by atoms with Crippen LogP contribution in [0.4, 0.5) is 0 Å². The van der Waals surface area contributed by atoms with Crippen LogP contribution in [-0.2, 0) is 12.8 Å². The van der Waals surface area contributed by atoms with Gasteiger partial charge in [0.25, 0.3) is 5.91 Å². The first kappa shape index (κ1) is 13.8. The third-order valence-electron chi connectivity index (χ3n) is 5.33. The zero-order valence-electron chi connectivity index (χ0n) is 13.6. The molecule has 4 rings (SSSR count). The highest BCUT2D eigenvalue weighted by Gasteiger charge is 2.39. The Balaban J connectivity index is 1.73. The lowest BCUT2D eigenvalue weighted by Gasteiger charge is -2.26. The highest BCUT2D eigenvalue weighted by molar-refractivity contribution is 6.00. The van der Waals surface area contributed by atoms with E-state index in [1.54, 1.807) is 0 Å². The summed E-state index contributed by atoms with van der Waals surface area (Å²) >= 11 is 0. The second kappa shape index (κ2) is 4.58. The van der Waals surface area contributed by atoms with Crippen molar-refractivity contribution in [1.82, 2.24) is 14.7 Å². The molecular weight excluding hydrogens is 274 g/mol. The summed E-state index contributed by atoms with van der Waals surface area (Å²) in [4.78, 5) is 17.4. The largest absolute Gasteiger partial charge is 0.347 e. The fraction of sp³-hybridized carbons (Fsp3) is 0.556. The van der Waals surface area contributed by atoms with Gasteiger partial charge in [0.05, 0.1) is 5.56 Å². The second-order valence-electron chi connectivity index (χ2n) is 7.35. The maximum atomic E-state index is 12.7. The van der Waals surface area contributed by atoms with Crippen LogP contribution >= 0.6 is 0 Å². The summed E-state index contributed by atoms with van der Waals surface area (Å²) in [5, 5.41) is 3.21. The minimum absolute atomic E-state index is 0.00393. The predicted molar refractivity (Wildman–Crippen MR) is 86.2 cm³/mol. The monoisotopic (exact) mass is 297 g/mol. The number of carbonyl (C=O) groups is 1. The van der Waals surface area contributed by atoms with Gasteiger partial charge in [-0.1, -0.05) is 0 Å². The number of carbonyl (C=O) groups excluding carboxylic acids is 1. The van der Waals surface area contributed by atoms with Gasteiger partial charge in [0.15, 0.2) is 0 Å². The van der Waals surface area contributed by atoms with E-state index >= 15 is 0 Å². The maximum Gasteiger partial charge on any atom is 0.255 e. The van der Waals surface area contributed by atoms with Crippen LogP contribution in [0.2, 0.25) is 0 Å². The summed E-state index contributed by atoms with van der Waals surface area (Å²) in [6, 6.07) is 1.92. The topological polar surface area (TPSA) is 46.4 Å². The van der Waals surface area contributed by atoms with E-state index in [-0.39, 0.29) is 11.4 Å². The van der Waals surface area contributed by atoms with Crippen LogP contribution in [0.3, 0.4) is 0 Å². The van der Waals surface area contributed by atoms with Crippen molar-refractivity contribution in [2.24, 2.45) is 5.92 Å². The Morgan fingerprint density at radius 2 is 2.14 bits per heavy atom. The number of nitrogens with one attached hydrogen (secondary N) is 1. The zero-order chi connectivity index (χ0) is 15.5. The van der Waals surface area contributed by atoms with E-state index in [0.717, 1.165) is 24.2 Å². The molecule has 0 aliphatic heterocycles. The fourth-order valence-electron chi connectivity index (χ4n) is 3.81. The number of aryl methyl sites for hydroxylation is 2. The normalized spacial score (nSPS) is 17.8. The Morgan fingerprint density at radius 3 is 2.86 bits per heavy atom. The van der Waals surface area contributed by atoms with Crippen molar-refractivity contribution in [2.75, 3.05) is 0 Å². The molecule has 2 heterocycles. The summed E-state index contributed by atoms with van der Waals surface area (Å²) in [5.74, 6) is 0.619. The lowest BCUT2D eigenvalue weighted by Crippen LogP contribution is -2.45. The predicted octanol–water partition coefficient (Wildman–Crippen LogP) is 3.05. The van der Waals surface area contributed by atoms with Gasteiger partial charge in [-0.2, -0.15) is 0 Å². The van der Waals surface area contributed by atoms with Crippen molar-refractivity contribution in [3.63, 3.8) is 0 Å². The minimum Gasteiger partial charge on any atom is -0.347 e. The van der Waals surface area contributed by atoms with E-state index in [1.165, 1.54) is 30.5 Å². The molecule has 2 aliphatic carbocycles. The van der Waals surface area contributed by atoms with Crippen molar-refractivity contribution >= 4 is 11.6 Å². The number of nitrogens with zero attached hydrogens (tertiary/aromatic N) is 2. The van der Waals surface area contributed by atoms with Crippen molar-refractivity contribution in [3.8, 4) is 0 Å². The first-order valence-corrected chi connectivity index (χ1v) is 8.29. The molecule has 0 bridgehead atoms. The summed E-state index contributed by atoms with van der Waals surface area (Å²) < 4.78 is 2.12. The second-order valence-corrected chi connectivity index (χ2v) is 7.35. The van der Waals surface area contributed by atoms with Crippen LogP contribution in [0.5, 0.6) is 0 Å². The fourth-order valence-corrected chi connectivity index (χ4v) is 3.81. The lowest BCUT2D eigenvalue weighted by atomic mass is 9.98. The van der Waals surface area contributed by atoms with Crippen molar-refractivity contribution in [1.29, 1.82) is 0 Å². The third-order valence-corrected chi connectivity index (χ3v) is 5.33. The molecule has 22 heavy (non-hydrogen) atoms. The van der Waals surface area contributed by atoms with E-state index < -0.39 is 0 Å². The molecule has 4 nitrogen and oxygen atoms in total. The number of hydrogen-bond acceptors (Lipinski definition) is 2. The van der Waals surface area contributed by atoms with Crippen LogP contribution in [0.15, 0.2) is 12.3 Å². The molecule has 0 saturated heterocycles. The maximum absolute atomic E-state index is 12.7. The van der Waals surface area contributed by atoms with Gasteiger partial charge in [-0.05, 0) is 70.4 Å². The molecule has 4 heteroatoms. The highest BCUT2D eigenvalue weighted by Crippen LogP contribution is 2.39. The number of aromatic nitrogens is 2. The van der Waals surface area contributed by atoms with E-state index in [0.29, 0.717) is 11.5 Å². The molecule has 116 valence electrons. The van der Waals surface area contributed by atoms with Crippen LogP contribution in [0, 0.1) is 12.8 Å². The first-order chi connectivity index (χ1) is 10.5. The number of amides is 1. The van der Waals surface area contributed by atoms with Gasteiger partial charge < -0.3 is 9.72 Å². The van der Waals surface area contributed by atoms with E-state index in [2.05, 4.69) is 30.5 Å². The smallest absolute Gasteiger partial charge is 0.255 e. The van der Waals surface area contributed by atoms with Gasteiger partial charge in [-0.15, -0.1) is 0 Å². The molecule has 0 aromatic carbocycles. The molecule has 1 saturated carbocycles. The molecule has 1 N–H and O–H groups in total. The Labute approximate surface area is 130 Å². The Bertz CT molecular complexity index is 768. The molecule has 0 spiro atoms. The van der Waals surface area contributed by atoms with Gasteiger partial charge in [-0.3, -0.25) is 4.79 Å². The summed E-state index contributed by atoms with van der Waals surface area (Å²) in [6.45, 7) is 6.31. The van der Waals surface area contributed by atoms with Crippen LogP contribution in [-0.4, -0.2) is 20.8 Å². The first-order valence-electron chi connectivity index (χ1n) is 8.29. The molecule has 1 fully saturated rings. The average molecular weight is 297 g/mol. The number of fused-ring (bicyclic) bond motifs is 3. The molecule has 0 radical (unpaired) electrons. The molecule has 0 atom stereocenters. The third kappa shape index (κ3) is 2.04. The van der Waals surface area contributed by atoms with Crippen LogP contribution in [0.1, 0.15) is 60.4 Å². The molecular formula is C18H23N3O. The summed E-state index contributed by atoms with van der Waals surface area (Å²) in [5.41, 5.74) is 5.16. The van der Waals surface area contributed by atoms with Gasteiger partial charge in [-0.25, -0.2) is 4.98 Å². The molecule has 2 aromatic rings. The SMILES string of the molecule is Cc1nc2c(C(=O)NC(C)(C)C3CC3)ccn2c2c1CCC2. The van der Waals surface area contributed by atoms with Gasteiger partial charge in [0.2, 0.25) is 0 Å². The highest BCUT2D eigenvalue weighted by atomic mass is 16.1. The van der Waals surface area contributed by atoms with Crippen LogP contribution in [0.25, 0.3) is 5.65 Å². The average Bonchev–Trinajstić information content (AvgIpc) is 3.06. The standard InChI is InChI=1S/C18H23N3O/c1-11-13-5-4-6-15(13)21-10-9-14(16(21)19-11)17(22)20-18(2,3)12-7-8-12/h9-10,12H,4-8H2,1-3H3,(H,20,22). The van der Waals surface area contributed by atoms with Crippen molar-refractivity contribution in [2.45, 2.75) is 58.4 Å².